The van der Waals surface area contributed by atoms with Gasteiger partial charge in [-0.3, -0.25) is 4.79 Å². The molecule has 1 aromatic heterocycles. The first kappa shape index (κ1) is 13.1. The van der Waals surface area contributed by atoms with Gasteiger partial charge in [-0.05, 0) is 24.6 Å². The van der Waals surface area contributed by atoms with Crippen LogP contribution in [-0.4, -0.2) is 27.7 Å². The molecular weight excluding hydrogens is 244 g/mol. The van der Waals surface area contributed by atoms with E-state index in [0.717, 1.165) is 17.0 Å². The number of carboxylic acids is 1. The van der Waals surface area contributed by atoms with Gasteiger partial charge in [-0.25, -0.2) is 4.98 Å². The standard InChI is InChI=1S/C14H16N2O3/c1-10-3-4-12(19-2)11(9-10)16-8-7-15-13(16)5-6-14(17)18/h3-4,7-9H,5-6H2,1-2H3,(H,17,18). The molecule has 2 rings (SSSR count). The van der Waals surface area contributed by atoms with E-state index in [1.807, 2.05) is 35.9 Å². The van der Waals surface area contributed by atoms with Crippen LogP contribution in [-0.2, 0) is 11.2 Å². The first-order valence-corrected chi connectivity index (χ1v) is 6.01. The minimum atomic E-state index is -0.828. The van der Waals surface area contributed by atoms with Gasteiger partial charge in [0.2, 0.25) is 0 Å². The third-order valence-corrected chi connectivity index (χ3v) is 2.87. The monoisotopic (exact) mass is 260 g/mol. The van der Waals surface area contributed by atoms with E-state index in [9.17, 15) is 4.79 Å². The molecule has 0 amide bonds. The van der Waals surface area contributed by atoms with E-state index in [1.165, 1.54) is 0 Å². The topological polar surface area (TPSA) is 64.4 Å². The summed E-state index contributed by atoms with van der Waals surface area (Å²) in [6, 6.07) is 5.85. The highest BCUT2D eigenvalue weighted by atomic mass is 16.5. The molecule has 0 spiro atoms. The Balaban J connectivity index is 2.39. The molecule has 0 unspecified atom stereocenters. The van der Waals surface area contributed by atoms with Crippen LogP contribution in [0.3, 0.4) is 0 Å². The Kier molecular flexibility index (Phi) is 3.85. The zero-order valence-electron chi connectivity index (χ0n) is 11.0. The summed E-state index contributed by atoms with van der Waals surface area (Å²) in [7, 11) is 1.61. The van der Waals surface area contributed by atoms with Crippen LogP contribution in [0.25, 0.3) is 5.69 Å². The van der Waals surface area contributed by atoms with Crippen molar-refractivity contribution in [3.05, 3.63) is 42.0 Å². The van der Waals surface area contributed by atoms with Gasteiger partial charge in [-0.1, -0.05) is 6.07 Å². The molecule has 0 radical (unpaired) electrons. The predicted octanol–water partition coefficient (Wildman–Crippen LogP) is 2.21. The van der Waals surface area contributed by atoms with Gasteiger partial charge in [0.25, 0.3) is 0 Å². The average molecular weight is 260 g/mol. The molecule has 100 valence electrons. The third-order valence-electron chi connectivity index (χ3n) is 2.87. The number of ether oxygens (including phenoxy) is 1. The van der Waals surface area contributed by atoms with Crippen molar-refractivity contribution in [3.63, 3.8) is 0 Å². The summed E-state index contributed by atoms with van der Waals surface area (Å²) < 4.78 is 7.21. The van der Waals surface area contributed by atoms with Gasteiger partial charge in [0, 0.05) is 18.8 Å². The van der Waals surface area contributed by atoms with E-state index >= 15 is 0 Å². The van der Waals surface area contributed by atoms with Crippen molar-refractivity contribution >= 4 is 5.97 Å². The van der Waals surface area contributed by atoms with Gasteiger partial charge >= 0.3 is 5.97 Å². The van der Waals surface area contributed by atoms with Crippen LogP contribution < -0.4 is 4.74 Å². The Morgan fingerprint density at radius 2 is 2.26 bits per heavy atom. The highest BCUT2D eigenvalue weighted by Crippen LogP contribution is 2.25. The number of rotatable bonds is 5. The van der Waals surface area contributed by atoms with Crippen LogP contribution in [0.15, 0.2) is 30.6 Å². The van der Waals surface area contributed by atoms with Crippen molar-refractivity contribution in [2.24, 2.45) is 0 Å². The minimum absolute atomic E-state index is 0.0607. The maximum absolute atomic E-state index is 10.7. The van der Waals surface area contributed by atoms with E-state index in [-0.39, 0.29) is 6.42 Å². The van der Waals surface area contributed by atoms with Crippen molar-refractivity contribution in [1.82, 2.24) is 9.55 Å². The fourth-order valence-electron chi connectivity index (χ4n) is 1.95. The highest BCUT2D eigenvalue weighted by molar-refractivity contribution is 5.67. The number of nitrogens with zero attached hydrogens (tertiary/aromatic N) is 2. The number of carboxylic acid groups (broad SMARTS) is 1. The molecule has 0 saturated heterocycles. The molecule has 5 nitrogen and oxygen atoms in total. The van der Waals surface area contributed by atoms with Crippen LogP contribution in [0.4, 0.5) is 0 Å². The Labute approximate surface area is 111 Å². The molecule has 0 atom stereocenters. The van der Waals surface area contributed by atoms with Crippen molar-refractivity contribution < 1.29 is 14.6 Å². The Hall–Kier alpha value is -2.30. The lowest BCUT2D eigenvalue weighted by Crippen LogP contribution is -2.06. The molecule has 0 bridgehead atoms. The average Bonchev–Trinajstić information content (AvgIpc) is 2.84. The molecule has 0 aliphatic heterocycles. The van der Waals surface area contributed by atoms with Gasteiger partial charge in [-0.15, -0.1) is 0 Å². The lowest BCUT2D eigenvalue weighted by Gasteiger charge is -2.12. The van der Waals surface area contributed by atoms with Gasteiger partial charge in [-0.2, -0.15) is 0 Å². The molecule has 19 heavy (non-hydrogen) atoms. The molecule has 5 heteroatoms. The summed E-state index contributed by atoms with van der Waals surface area (Å²) in [4.78, 5) is 14.9. The third kappa shape index (κ3) is 2.93. The quantitative estimate of drug-likeness (QED) is 0.895. The molecule has 2 aromatic rings. The smallest absolute Gasteiger partial charge is 0.303 e. The Bertz CT molecular complexity index is 590. The second-order valence-electron chi connectivity index (χ2n) is 4.28. The van der Waals surface area contributed by atoms with Gasteiger partial charge in [0.15, 0.2) is 0 Å². The number of aromatic nitrogens is 2. The van der Waals surface area contributed by atoms with Gasteiger partial charge in [0.1, 0.15) is 11.6 Å². The lowest BCUT2D eigenvalue weighted by atomic mass is 10.2. The number of aryl methyl sites for hydroxylation is 2. The van der Waals surface area contributed by atoms with Crippen molar-refractivity contribution in [2.45, 2.75) is 19.8 Å². The second kappa shape index (κ2) is 5.56. The van der Waals surface area contributed by atoms with E-state index in [2.05, 4.69) is 4.98 Å². The number of carbonyl (C=O) groups is 1. The summed E-state index contributed by atoms with van der Waals surface area (Å²) >= 11 is 0. The maximum Gasteiger partial charge on any atom is 0.303 e. The first-order valence-electron chi connectivity index (χ1n) is 6.01. The zero-order valence-corrected chi connectivity index (χ0v) is 11.0. The van der Waals surface area contributed by atoms with Crippen molar-refractivity contribution in [2.75, 3.05) is 7.11 Å². The number of imidazole rings is 1. The number of hydrogen-bond acceptors (Lipinski definition) is 3. The number of benzene rings is 1. The molecule has 0 fully saturated rings. The molecular formula is C14H16N2O3. The molecule has 0 aliphatic carbocycles. The number of methoxy groups -OCH3 is 1. The fraction of sp³-hybridized carbons (Fsp3) is 0.286. The largest absolute Gasteiger partial charge is 0.495 e. The summed E-state index contributed by atoms with van der Waals surface area (Å²) in [5.74, 6) is 0.622. The molecule has 0 saturated carbocycles. The molecule has 1 N–H and O–H groups in total. The van der Waals surface area contributed by atoms with E-state index in [0.29, 0.717) is 12.2 Å². The van der Waals surface area contributed by atoms with Crippen molar-refractivity contribution in [1.29, 1.82) is 0 Å². The van der Waals surface area contributed by atoms with Crippen LogP contribution in [0, 0.1) is 6.92 Å². The zero-order chi connectivity index (χ0) is 13.8. The number of aliphatic carboxylic acids is 1. The molecule has 1 heterocycles. The Morgan fingerprint density at radius 3 is 2.95 bits per heavy atom. The first-order chi connectivity index (χ1) is 9.11. The summed E-state index contributed by atoms with van der Waals surface area (Å²) in [6.45, 7) is 2.00. The highest BCUT2D eigenvalue weighted by Gasteiger charge is 2.11. The number of hydrogen-bond donors (Lipinski definition) is 1. The van der Waals surface area contributed by atoms with Gasteiger partial charge in [0.05, 0.1) is 19.2 Å². The normalized spacial score (nSPS) is 10.4. The van der Waals surface area contributed by atoms with Crippen molar-refractivity contribution in [3.8, 4) is 11.4 Å². The van der Waals surface area contributed by atoms with Crippen LogP contribution >= 0.6 is 0 Å². The predicted molar refractivity (Wildman–Crippen MR) is 70.8 cm³/mol. The maximum atomic E-state index is 10.7. The lowest BCUT2D eigenvalue weighted by molar-refractivity contribution is -0.137. The molecule has 0 aliphatic rings. The Morgan fingerprint density at radius 1 is 1.47 bits per heavy atom. The van der Waals surface area contributed by atoms with Crippen LogP contribution in [0.1, 0.15) is 17.8 Å². The second-order valence-corrected chi connectivity index (χ2v) is 4.28. The van der Waals surface area contributed by atoms with Crippen LogP contribution in [0.5, 0.6) is 5.75 Å². The van der Waals surface area contributed by atoms with E-state index in [1.54, 1.807) is 13.3 Å². The van der Waals surface area contributed by atoms with E-state index < -0.39 is 5.97 Å². The fourth-order valence-corrected chi connectivity index (χ4v) is 1.95. The van der Waals surface area contributed by atoms with Gasteiger partial charge < -0.3 is 14.4 Å². The SMILES string of the molecule is COc1ccc(C)cc1-n1ccnc1CCC(=O)O. The van der Waals surface area contributed by atoms with Crippen LogP contribution in [0.2, 0.25) is 0 Å². The summed E-state index contributed by atoms with van der Waals surface area (Å²) in [6.07, 6.45) is 3.93. The minimum Gasteiger partial charge on any atom is -0.495 e. The summed E-state index contributed by atoms with van der Waals surface area (Å²) in [5.41, 5.74) is 1.98. The summed E-state index contributed by atoms with van der Waals surface area (Å²) in [5, 5.41) is 8.76. The van der Waals surface area contributed by atoms with E-state index in [4.69, 9.17) is 9.84 Å². The molecule has 1 aromatic carbocycles.